The molecule has 1 fully saturated rings. The molecule has 126 valence electrons. The number of nitrogens with zero attached hydrogens (tertiary/aromatic N) is 1. The maximum atomic E-state index is 12.2. The summed E-state index contributed by atoms with van der Waals surface area (Å²) < 4.78 is 5.79. The Morgan fingerprint density at radius 1 is 1.38 bits per heavy atom. The molecule has 2 amide bonds. The van der Waals surface area contributed by atoms with Crippen molar-refractivity contribution in [2.45, 2.75) is 11.4 Å². The number of amides is 2. The fourth-order valence-electron chi connectivity index (χ4n) is 2.46. The van der Waals surface area contributed by atoms with Crippen LogP contribution >= 0.6 is 27.7 Å². The van der Waals surface area contributed by atoms with Gasteiger partial charge >= 0.3 is 5.97 Å². The average Bonchev–Trinajstić information content (AvgIpc) is 2.58. The first-order valence-electron chi connectivity index (χ1n) is 7.03. The van der Waals surface area contributed by atoms with E-state index in [2.05, 4.69) is 21.2 Å². The van der Waals surface area contributed by atoms with Crippen molar-refractivity contribution in [3.63, 3.8) is 0 Å². The fourth-order valence-corrected chi connectivity index (χ4v) is 4.41. The highest BCUT2D eigenvalue weighted by Gasteiger charge is 2.54. The Labute approximate surface area is 150 Å². The van der Waals surface area contributed by atoms with Crippen molar-refractivity contribution in [2.75, 3.05) is 12.4 Å². The van der Waals surface area contributed by atoms with Crippen LogP contribution in [0.5, 0.6) is 5.75 Å². The molecular weight excluding hydrogens is 400 g/mol. The molecule has 0 aromatic heterocycles. The molecule has 2 aliphatic heterocycles. The molecule has 0 saturated carbocycles. The first-order valence-corrected chi connectivity index (χ1v) is 8.87. The number of hydrogen-bond donors (Lipinski definition) is 2. The summed E-state index contributed by atoms with van der Waals surface area (Å²) in [4.78, 5) is 36.7. The van der Waals surface area contributed by atoms with E-state index in [4.69, 9.17) is 4.74 Å². The highest BCUT2D eigenvalue weighted by Crippen LogP contribution is 2.41. The van der Waals surface area contributed by atoms with Gasteiger partial charge in [0.1, 0.15) is 22.9 Å². The Kier molecular flexibility index (Phi) is 4.81. The van der Waals surface area contributed by atoms with Gasteiger partial charge in [-0.2, -0.15) is 0 Å². The van der Waals surface area contributed by atoms with Crippen LogP contribution in [0.15, 0.2) is 40.5 Å². The van der Waals surface area contributed by atoms with Crippen LogP contribution in [0, 0.1) is 0 Å². The van der Waals surface area contributed by atoms with E-state index < -0.39 is 29.2 Å². The van der Waals surface area contributed by atoms with Crippen LogP contribution < -0.4 is 10.1 Å². The normalized spacial score (nSPS) is 22.5. The quantitative estimate of drug-likeness (QED) is 0.704. The predicted molar refractivity (Wildman–Crippen MR) is 90.5 cm³/mol. The van der Waals surface area contributed by atoms with Gasteiger partial charge in [-0.3, -0.25) is 14.5 Å². The van der Waals surface area contributed by atoms with Crippen LogP contribution in [-0.2, 0) is 14.4 Å². The van der Waals surface area contributed by atoms with Crippen molar-refractivity contribution in [1.29, 1.82) is 0 Å². The van der Waals surface area contributed by atoms with Gasteiger partial charge in [-0.05, 0) is 12.1 Å². The molecule has 3 rings (SSSR count). The zero-order chi connectivity index (χ0) is 17.3. The smallest absolute Gasteiger partial charge is 0.353 e. The highest BCUT2D eigenvalue weighted by atomic mass is 79.9. The monoisotopic (exact) mass is 412 g/mol. The summed E-state index contributed by atoms with van der Waals surface area (Å²) in [6.45, 7) is -0.212. The van der Waals surface area contributed by atoms with E-state index in [0.29, 0.717) is 16.0 Å². The molecule has 0 bridgehead atoms. The number of fused-ring (bicyclic) bond motifs is 1. The van der Waals surface area contributed by atoms with Gasteiger partial charge in [0, 0.05) is 10.2 Å². The number of carbonyl (C=O) groups excluding carboxylic acids is 2. The van der Waals surface area contributed by atoms with Crippen molar-refractivity contribution in [2.24, 2.45) is 0 Å². The topological polar surface area (TPSA) is 95.9 Å². The third-order valence-electron chi connectivity index (χ3n) is 3.55. The summed E-state index contributed by atoms with van der Waals surface area (Å²) in [7, 11) is 0. The lowest BCUT2D eigenvalue weighted by atomic mass is 10.1. The largest absolute Gasteiger partial charge is 0.484 e. The Bertz CT molecular complexity index is 724. The summed E-state index contributed by atoms with van der Waals surface area (Å²) >= 11 is 4.57. The van der Waals surface area contributed by atoms with Crippen LogP contribution in [0.3, 0.4) is 0 Å². The van der Waals surface area contributed by atoms with E-state index in [0.717, 1.165) is 0 Å². The van der Waals surface area contributed by atoms with Crippen molar-refractivity contribution in [3.8, 4) is 5.75 Å². The van der Waals surface area contributed by atoms with Crippen molar-refractivity contribution >= 4 is 45.5 Å². The molecule has 2 N–H and O–H groups in total. The number of aliphatic carboxylic acids is 1. The number of para-hydroxylation sites is 1. The summed E-state index contributed by atoms with van der Waals surface area (Å²) in [6.07, 6.45) is 0. The molecule has 1 saturated heterocycles. The number of benzene rings is 1. The molecule has 7 nitrogen and oxygen atoms in total. The first kappa shape index (κ1) is 16.8. The molecule has 0 unspecified atom stereocenters. The molecule has 9 heteroatoms. The van der Waals surface area contributed by atoms with Crippen LogP contribution in [0.4, 0.5) is 0 Å². The van der Waals surface area contributed by atoms with Crippen molar-refractivity contribution in [3.05, 3.63) is 40.5 Å². The zero-order valence-electron chi connectivity index (χ0n) is 12.3. The van der Waals surface area contributed by atoms with E-state index in [1.807, 2.05) is 6.07 Å². The van der Waals surface area contributed by atoms with Crippen LogP contribution in [-0.4, -0.2) is 51.6 Å². The lowest BCUT2D eigenvalue weighted by Gasteiger charge is -2.48. The molecule has 1 aromatic rings. The van der Waals surface area contributed by atoms with Crippen molar-refractivity contribution < 1.29 is 24.2 Å². The minimum absolute atomic E-state index is 0.0604. The van der Waals surface area contributed by atoms with Crippen LogP contribution in [0.1, 0.15) is 0 Å². The van der Waals surface area contributed by atoms with Crippen LogP contribution in [0.25, 0.3) is 0 Å². The van der Waals surface area contributed by atoms with E-state index >= 15 is 0 Å². The minimum atomic E-state index is -1.17. The second-order valence-corrected chi connectivity index (χ2v) is 7.18. The molecule has 0 aliphatic carbocycles. The maximum absolute atomic E-state index is 12.2. The molecule has 24 heavy (non-hydrogen) atoms. The molecule has 2 heterocycles. The highest BCUT2D eigenvalue weighted by molar-refractivity contribution is 9.11. The minimum Gasteiger partial charge on any atom is -0.484 e. The number of carboxylic acid groups (broad SMARTS) is 1. The lowest BCUT2D eigenvalue weighted by Crippen LogP contribution is -2.70. The Hall–Kier alpha value is -2.00. The number of β-lactam (4-membered cyclic amide) rings is 1. The van der Waals surface area contributed by atoms with Gasteiger partial charge in [0.15, 0.2) is 6.61 Å². The molecule has 1 aromatic carbocycles. The fraction of sp³-hybridized carbons (Fsp3) is 0.267. The number of hydrogen-bond acceptors (Lipinski definition) is 5. The molecule has 2 aliphatic rings. The third-order valence-corrected chi connectivity index (χ3v) is 5.86. The molecule has 2 atom stereocenters. The summed E-state index contributed by atoms with van der Waals surface area (Å²) in [5.41, 5.74) is -0.0604. The van der Waals surface area contributed by atoms with Gasteiger partial charge in [-0.1, -0.05) is 34.1 Å². The second kappa shape index (κ2) is 6.86. The Morgan fingerprint density at radius 3 is 2.75 bits per heavy atom. The van der Waals surface area contributed by atoms with Gasteiger partial charge in [0.2, 0.25) is 0 Å². The van der Waals surface area contributed by atoms with Crippen molar-refractivity contribution in [1.82, 2.24) is 10.2 Å². The lowest BCUT2D eigenvalue weighted by molar-refractivity contribution is -0.150. The van der Waals surface area contributed by atoms with Gasteiger partial charge in [0.25, 0.3) is 11.8 Å². The van der Waals surface area contributed by atoms with E-state index in [1.54, 1.807) is 24.3 Å². The summed E-state index contributed by atoms with van der Waals surface area (Å²) in [5, 5.41) is 11.4. The standard InChI is InChI=1S/C15H13BrN2O5S/c16-9-7-24-14-11(13(20)18(14)12(9)15(21)22)17-10(19)6-23-8-4-2-1-3-5-8/h1-5,11,14H,6-7H2,(H,17,19)(H,21,22)/t11-,14+/m1/s1. The number of rotatable bonds is 5. The third kappa shape index (κ3) is 3.13. The van der Waals surface area contributed by atoms with E-state index in [9.17, 15) is 19.5 Å². The number of thioether (sulfide) groups is 1. The number of ether oxygens (including phenoxy) is 1. The van der Waals surface area contributed by atoms with Gasteiger partial charge < -0.3 is 15.2 Å². The SMILES string of the molecule is O=C(COc1ccccc1)N[C@@H]1C(=O)N2C(C(=O)O)=C(Br)CS[C@@H]12. The van der Waals surface area contributed by atoms with E-state index in [-0.39, 0.29) is 12.3 Å². The molecule has 0 radical (unpaired) electrons. The first-order chi connectivity index (χ1) is 11.5. The second-order valence-electron chi connectivity index (χ2n) is 5.12. The molecular formula is C15H13BrN2O5S. The Morgan fingerprint density at radius 2 is 2.08 bits per heavy atom. The van der Waals surface area contributed by atoms with E-state index in [1.165, 1.54) is 16.7 Å². The average molecular weight is 413 g/mol. The molecule has 0 spiro atoms. The van der Waals surface area contributed by atoms with Gasteiger partial charge in [0.05, 0.1) is 0 Å². The Balaban J connectivity index is 1.59. The predicted octanol–water partition coefficient (Wildman–Crippen LogP) is 1.16. The van der Waals surface area contributed by atoms with Gasteiger partial charge in [-0.15, -0.1) is 11.8 Å². The van der Waals surface area contributed by atoms with Gasteiger partial charge in [-0.25, -0.2) is 4.79 Å². The van der Waals surface area contributed by atoms with Crippen LogP contribution in [0.2, 0.25) is 0 Å². The number of nitrogens with one attached hydrogen (secondary N) is 1. The maximum Gasteiger partial charge on any atom is 0.353 e. The number of carboxylic acids is 1. The summed E-state index contributed by atoms with van der Waals surface area (Å²) in [6, 6.07) is 8.12. The zero-order valence-corrected chi connectivity index (χ0v) is 14.7. The number of halogens is 1. The number of carbonyl (C=O) groups is 3. The summed E-state index contributed by atoms with van der Waals surface area (Å²) in [5.74, 6) is -1.04.